The number of nitrogens with zero attached hydrogens (tertiary/aromatic N) is 1. The number of non-ortho nitro benzene ring substituents is 1. The third-order valence-corrected chi connectivity index (χ3v) is 4.32. The van der Waals surface area contributed by atoms with Crippen molar-refractivity contribution in [2.45, 2.75) is 46.5 Å². The standard InChI is InChI=1S/C23H27NO4/c1-22(2,3)16-23(4,5)18-10-12-20(13-11-18)28-21(25)14-9-17-7-6-8-19(15-17)24(26)27/h6-15H,16H2,1-5H3. The van der Waals surface area contributed by atoms with Gasteiger partial charge in [0.15, 0.2) is 0 Å². The second kappa shape index (κ2) is 8.38. The van der Waals surface area contributed by atoms with Crippen LogP contribution < -0.4 is 4.74 Å². The molecule has 0 unspecified atom stereocenters. The lowest BCUT2D eigenvalue weighted by Crippen LogP contribution is -2.24. The zero-order valence-corrected chi connectivity index (χ0v) is 17.1. The number of carbonyl (C=O) groups excluding carboxylic acids is 1. The van der Waals surface area contributed by atoms with Gasteiger partial charge < -0.3 is 4.74 Å². The molecule has 0 aliphatic rings. The maximum absolute atomic E-state index is 12.0. The van der Waals surface area contributed by atoms with Crippen LogP contribution >= 0.6 is 0 Å². The van der Waals surface area contributed by atoms with E-state index in [1.54, 1.807) is 24.3 Å². The minimum absolute atomic E-state index is 0.0166. The van der Waals surface area contributed by atoms with E-state index in [0.29, 0.717) is 11.3 Å². The molecule has 2 aromatic carbocycles. The van der Waals surface area contributed by atoms with Crippen molar-refractivity contribution in [2.75, 3.05) is 0 Å². The summed E-state index contributed by atoms with van der Waals surface area (Å²) in [6, 6.07) is 13.6. The van der Waals surface area contributed by atoms with Crippen molar-refractivity contribution in [1.29, 1.82) is 0 Å². The molecule has 2 rings (SSSR count). The molecule has 0 saturated heterocycles. The molecule has 0 saturated carbocycles. The Morgan fingerprint density at radius 2 is 1.71 bits per heavy atom. The van der Waals surface area contributed by atoms with Gasteiger partial charge in [-0.3, -0.25) is 10.1 Å². The number of benzene rings is 2. The lowest BCUT2D eigenvalue weighted by Gasteiger charge is -2.33. The number of hydrogen-bond donors (Lipinski definition) is 0. The van der Waals surface area contributed by atoms with Gasteiger partial charge in [0.25, 0.3) is 5.69 Å². The average molecular weight is 381 g/mol. The van der Waals surface area contributed by atoms with E-state index >= 15 is 0 Å². The molecule has 0 N–H and O–H groups in total. The fourth-order valence-electron chi connectivity index (χ4n) is 3.46. The molecule has 0 aromatic heterocycles. The van der Waals surface area contributed by atoms with Gasteiger partial charge >= 0.3 is 5.97 Å². The summed E-state index contributed by atoms with van der Waals surface area (Å²) in [5.74, 6) is -0.0720. The SMILES string of the molecule is CC(C)(C)CC(C)(C)c1ccc(OC(=O)C=Cc2cccc([N+](=O)[O-])c2)cc1. The van der Waals surface area contributed by atoms with E-state index in [1.807, 2.05) is 12.1 Å². The summed E-state index contributed by atoms with van der Waals surface area (Å²) in [7, 11) is 0. The zero-order valence-electron chi connectivity index (χ0n) is 17.1. The number of ether oxygens (including phenoxy) is 1. The summed E-state index contributed by atoms with van der Waals surface area (Å²) < 4.78 is 5.32. The first-order chi connectivity index (χ1) is 13.0. The maximum Gasteiger partial charge on any atom is 0.336 e. The largest absolute Gasteiger partial charge is 0.423 e. The maximum atomic E-state index is 12.0. The van der Waals surface area contributed by atoms with Crippen LogP contribution in [-0.4, -0.2) is 10.9 Å². The van der Waals surface area contributed by atoms with Crippen molar-refractivity contribution in [2.24, 2.45) is 5.41 Å². The first-order valence-electron chi connectivity index (χ1n) is 9.21. The number of nitro benzene ring substituents is 1. The molecular formula is C23H27NO4. The number of hydrogen-bond acceptors (Lipinski definition) is 4. The van der Waals surface area contributed by atoms with Crippen molar-refractivity contribution < 1.29 is 14.5 Å². The lowest BCUT2D eigenvalue weighted by molar-refractivity contribution is -0.384. The quantitative estimate of drug-likeness (QED) is 0.204. The lowest BCUT2D eigenvalue weighted by atomic mass is 9.72. The molecule has 0 aliphatic heterocycles. The third kappa shape index (κ3) is 6.34. The molecular weight excluding hydrogens is 354 g/mol. The van der Waals surface area contributed by atoms with Gasteiger partial charge in [-0.1, -0.05) is 58.9 Å². The fraction of sp³-hybridized carbons (Fsp3) is 0.348. The van der Waals surface area contributed by atoms with Crippen LogP contribution in [0, 0.1) is 15.5 Å². The first-order valence-corrected chi connectivity index (χ1v) is 9.21. The first kappa shape index (κ1) is 21.4. The number of nitro groups is 1. The van der Waals surface area contributed by atoms with Crippen LogP contribution in [-0.2, 0) is 10.2 Å². The predicted molar refractivity (Wildman–Crippen MR) is 111 cm³/mol. The van der Waals surface area contributed by atoms with Crippen molar-refractivity contribution in [3.63, 3.8) is 0 Å². The van der Waals surface area contributed by atoms with Crippen molar-refractivity contribution in [1.82, 2.24) is 0 Å². The van der Waals surface area contributed by atoms with E-state index < -0.39 is 10.9 Å². The summed E-state index contributed by atoms with van der Waals surface area (Å²) >= 11 is 0. The van der Waals surface area contributed by atoms with Crippen LogP contribution in [0.25, 0.3) is 6.08 Å². The van der Waals surface area contributed by atoms with E-state index in [9.17, 15) is 14.9 Å². The number of esters is 1. The molecule has 0 amide bonds. The number of carbonyl (C=O) groups is 1. The highest BCUT2D eigenvalue weighted by atomic mass is 16.6. The van der Waals surface area contributed by atoms with Gasteiger partial charge in [-0.15, -0.1) is 0 Å². The summed E-state index contributed by atoms with van der Waals surface area (Å²) in [5.41, 5.74) is 1.96. The average Bonchev–Trinajstić information content (AvgIpc) is 2.58. The van der Waals surface area contributed by atoms with Gasteiger partial charge in [-0.25, -0.2) is 4.79 Å². The van der Waals surface area contributed by atoms with E-state index in [1.165, 1.54) is 29.8 Å². The van der Waals surface area contributed by atoms with Crippen molar-refractivity contribution in [3.05, 3.63) is 75.8 Å². The minimum atomic E-state index is -0.534. The highest BCUT2D eigenvalue weighted by Gasteiger charge is 2.27. The van der Waals surface area contributed by atoms with Crippen LogP contribution in [0.5, 0.6) is 5.75 Å². The normalized spacial score (nSPS) is 12.2. The van der Waals surface area contributed by atoms with E-state index in [2.05, 4.69) is 34.6 Å². The molecule has 5 heteroatoms. The Balaban J connectivity index is 2.03. The summed E-state index contributed by atoms with van der Waals surface area (Å²) in [4.78, 5) is 22.4. The molecule has 0 heterocycles. The van der Waals surface area contributed by atoms with Gasteiger partial charge in [0.2, 0.25) is 0 Å². The van der Waals surface area contributed by atoms with Crippen LogP contribution in [0.15, 0.2) is 54.6 Å². The van der Waals surface area contributed by atoms with Crippen LogP contribution in [0.1, 0.15) is 52.2 Å². The summed E-state index contributed by atoms with van der Waals surface area (Å²) in [5, 5.41) is 10.8. The monoisotopic (exact) mass is 381 g/mol. The van der Waals surface area contributed by atoms with Gasteiger partial charge in [0, 0.05) is 18.2 Å². The van der Waals surface area contributed by atoms with Crippen molar-refractivity contribution in [3.8, 4) is 5.75 Å². The highest BCUT2D eigenvalue weighted by molar-refractivity contribution is 5.88. The molecule has 148 valence electrons. The van der Waals surface area contributed by atoms with Gasteiger partial charge in [0.1, 0.15) is 5.75 Å². The van der Waals surface area contributed by atoms with Gasteiger partial charge in [0.05, 0.1) is 4.92 Å². The van der Waals surface area contributed by atoms with Crippen LogP contribution in [0.2, 0.25) is 0 Å². The van der Waals surface area contributed by atoms with E-state index in [0.717, 1.165) is 6.42 Å². The summed E-state index contributed by atoms with van der Waals surface area (Å²) in [6.45, 7) is 11.1. The smallest absolute Gasteiger partial charge is 0.336 e. The Bertz CT molecular complexity index is 874. The second-order valence-corrected chi connectivity index (χ2v) is 8.75. The Morgan fingerprint density at radius 1 is 1.07 bits per heavy atom. The molecule has 28 heavy (non-hydrogen) atoms. The van der Waals surface area contributed by atoms with Gasteiger partial charge in [-0.2, -0.15) is 0 Å². The zero-order chi connectivity index (χ0) is 20.9. The Hall–Kier alpha value is -2.95. The molecule has 0 atom stereocenters. The third-order valence-electron chi connectivity index (χ3n) is 4.32. The molecule has 0 radical (unpaired) electrons. The van der Waals surface area contributed by atoms with E-state index in [4.69, 9.17) is 4.74 Å². The fourth-order valence-corrected chi connectivity index (χ4v) is 3.46. The number of rotatable bonds is 6. The molecule has 2 aromatic rings. The summed E-state index contributed by atoms with van der Waals surface area (Å²) in [6.07, 6.45) is 3.79. The Morgan fingerprint density at radius 3 is 2.29 bits per heavy atom. The second-order valence-electron chi connectivity index (χ2n) is 8.75. The molecule has 5 nitrogen and oxygen atoms in total. The Kier molecular flexibility index (Phi) is 6.39. The Labute approximate surface area is 166 Å². The molecule has 0 aliphatic carbocycles. The van der Waals surface area contributed by atoms with Crippen LogP contribution in [0.3, 0.4) is 0 Å². The molecule has 0 spiro atoms. The topological polar surface area (TPSA) is 69.4 Å². The van der Waals surface area contributed by atoms with Gasteiger partial charge in [-0.05, 0) is 46.6 Å². The molecule has 0 bridgehead atoms. The van der Waals surface area contributed by atoms with Crippen LogP contribution in [0.4, 0.5) is 5.69 Å². The minimum Gasteiger partial charge on any atom is -0.423 e. The predicted octanol–water partition coefficient (Wildman–Crippen LogP) is 5.93. The van der Waals surface area contributed by atoms with Crippen molar-refractivity contribution >= 4 is 17.7 Å². The van der Waals surface area contributed by atoms with E-state index in [-0.39, 0.29) is 16.5 Å². The molecule has 0 fully saturated rings. The highest BCUT2D eigenvalue weighted by Crippen LogP contribution is 2.36.